The van der Waals surface area contributed by atoms with Crippen molar-refractivity contribution in [1.82, 2.24) is 4.90 Å². The van der Waals surface area contributed by atoms with Gasteiger partial charge in [0.1, 0.15) is 10.1 Å². The van der Waals surface area contributed by atoms with E-state index in [4.69, 9.17) is 33.3 Å². The Morgan fingerprint density at radius 3 is 2.90 bits per heavy atom. The van der Waals surface area contributed by atoms with Crippen molar-refractivity contribution < 1.29 is 24.2 Å². The first-order chi connectivity index (χ1) is 14.4. The van der Waals surface area contributed by atoms with E-state index in [1.165, 1.54) is 34.9 Å². The van der Waals surface area contributed by atoms with Crippen LogP contribution in [0.2, 0.25) is 5.02 Å². The van der Waals surface area contributed by atoms with Crippen molar-refractivity contribution in [2.24, 2.45) is 0 Å². The molecular weight excluding hydrogens is 448 g/mol. The second-order valence-electron chi connectivity index (χ2n) is 6.41. The third-order valence-electron chi connectivity index (χ3n) is 4.36. The molecule has 0 bridgehead atoms. The summed E-state index contributed by atoms with van der Waals surface area (Å²) in [7, 11) is 0. The molecule has 2 amide bonds. The van der Waals surface area contributed by atoms with Crippen molar-refractivity contribution >= 4 is 63.5 Å². The lowest BCUT2D eigenvalue weighted by molar-refractivity contribution is -0.122. The Morgan fingerprint density at radius 1 is 1.27 bits per heavy atom. The predicted octanol–water partition coefficient (Wildman–Crippen LogP) is 4.00. The lowest BCUT2D eigenvalue weighted by Gasteiger charge is -2.14. The van der Waals surface area contributed by atoms with Gasteiger partial charge >= 0.3 is 0 Å². The zero-order valence-corrected chi connectivity index (χ0v) is 17.8. The molecule has 2 aromatic carbocycles. The van der Waals surface area contributed by atoms with Gasteiger partial charge in [-0.3, -0.25) is 14.5 Å². The number of carbonyl (C=O) groups is 2. The van der Waals surface area contributed by atoms with E-state index in [0.717, 1.165) is 5.56 Å². The summed E-state index contributed by atoms with van der Waals surface area (Å²) < 4.78 is 11.0. The Bertz CT molecular complexity index is 1090. The number of hydrogen-bond acceptors (Lipinski definition) is 7. The number of aromatic hydroxyl groups is 1. The van der Waals surface area contributed by atoms with Crippen molar-refractivity contribution in [3.05, 3.63) is 51.9 Å². The first-order valence-corrected chi connectivity index (χ1v) is 10.4. The van der Waals surface area contributed by atoms with Crippen LogP contribution in [-0.2, 0) is 9.59 Å². The first kappa shape index (κ1) is 20.5. The molecule has 0 atom stereocenters. The molecule has 0 unspecified atom stereocenters. The summed E-state index contributed by atoms with van der Waals surface area (Å²) in [6.07, 6.45) is 1.74. The Kier molecular flexibility index (Phi) is 5.85. The normalized spacial score (nSPS) is 16.4. The number of thioether (sulfide) groups is 1. The lowest BCUT2D eigenvalue weighted by Crippen LogP contribution is -2.31. The number of rotatable bonds is 5. The topological polar surface area (TPSA) is 88.1 Å². The molecule has 2 aliphatic rings. The predicted molar refractivity (Wildman–Crippen MR) is 119 cm³/mol. The third kappa shape index (κ3) is 4.38. The third-order valence-corrected chi connectivity index (χ3v) is 5.98. The number of carbonyl (C=O) groups excluding carboxylic acids is 2. The van der Waals surface area contributed by atoms with Gasteiger partial charge in [-0.15, -0.1) is 0 Å². The standard InChI is InChI=1S/C20H15ClN2O5S2/c21-12-2-3-14(24)13(9-12)22-18(25)5-6-23-19(26)17(30-20(23)29)8-11-1-4-15-16(7-11)28-10-27-15/h1-4,7-9,24H,5-6,10H2,(H,22,25)/b17-8-. The van der Waals surface area contributed by atoms with Gasteiger partial charge < -0.3 is 19.9 Å². The molecule has 0 spiro atoms. The molecule has 0 saturated carbocycles. The number of fused-ring (bicyclic) bond motifs is 1. The van der Waals surface area contributed by atoms with Crippen molar-refractivity contribution in [3.8, 4) is 17.2 Å². The van der Waals surface area contributed by atoms with Crippen LogP contribution in [-0.4, -0.2) is 39.5 Å². The summed E-state index contributed by atoms with van der Waals surface area (Å²) in [4.78, 5) is 26.8. The summed E-state index contributed by atoms with van der Waals surface area (Å²) in [5.74, 6) is 0.559. The molecule has 2 N–H and O–H groups in total. The van der Waals surface area contributed by atoms with Crippen molar-refractivity contribution in [3.63, 3.8) is 0 Å². The van der Waals surface area contributed by atoms with Gasteiger partial charge in [0.15, 0.2) is 11.5 Å². The van der Waals surface area contributed by atoms with Crippen LogP contribution in [0.4, 0.5) is 5.69 Å². The average molecular weight is 463 g/mol. The van der Waals surface area contributed by atoms with Gasteiger partial charge in [-0.2, -0.15) is 0 Å². The number of phenolic OH excluding ortho intramolecular Hbond substituents is 1. The van der Waals surface area contributed by atoms with Crippen LogP contribution in [0.25, 0.3) is 6.08 Å². The van der Waals surface area contributed by atoms with Crippen LogP contribution in [0.1, 0.15) is 12.0 Å². The van der Waals surface area contributed by atoms with Crippen LogP contribution in [0, 0.1) is 0 Å². The number of halogens is 1. The fourth-order valence-electron chi connectivity index (χ4n) is 2.88. The molecule has 1 fully saturated rings. The molecule has 0 radical (unpaired) electrons. The van der Waals surface area contributed by atoms with E-state index >= 15 is 0 Å². The molecule has 2 aliphatic heterocycles. The number of nitrogens with zero attached hydrogens (tertiary/aromatic N) is 1. The van der Waals surface area contributed by atoms with E-state index in [-0.39, 0.29) is 43.0 Å². The monoisotopic (exact) mass is 462 g/mol. The van der Waals surface area contributed by atoms with E-state index in [9.17, 15) is 14.7 Å². The van der Waals surface area contributed by atoms with Crippen LogP contribution in [0.15, 0.2) is 41.3 Å². The van der Waals surface area contributed by atoms with Crippen molar-refractivity contribution in [2.75, 3.05) is 18.7 Å². The Balaban J connectivity index is 1.39. The number of phenols is 1. The van der Waals surface area contributed by atoms with E-state index in [2.05, 4.69) is 5.32 Å². The first-order valence-electron chi connectivity index (χ1n) is 8.84. The molecule has 2 heterocycles. The maximum Gasteiger partial charge on any atom is 0.266 e. The fraction of sp³-hybridized carbons (Fsp3) is 0.150. The Labute approximate surface area is 186 Å². The number of anilines is 1. The van der Waals surface area contributed by atoms with Gasteiger partial charge in [0.25, 0.3) is 5.91 Å². The number of hydrogen-bond donors (Lipinski definition) is 2. The van der Waals surface area contributed by atoms with Crippen molar-refractivity contribution in [1.29, 1.82) is 0 Å². The maximum atomic E-state index is 12.7. The summed E-state index contributed by atoms with van der Waals surface area (Å²) in [6, 6.07) is 9.75. The molecule has 154 valence electrons. The quantitative estimate of drug-likeness (QED) is 0.394. The summed E-state index contributed by atoms with van der Waals surface area (Å²) in [5, 5.41) is 12.8. The van der Waals surface area contributed by atoms with Gasteiger partial charge in [0.2, 0.25) is 12.7 Å². The van der Waals surface area contributed by atoms with Gasteiger partial charge in [0, 0.05) is 18.0 Å². The molecule has 7 nitrogen and oxygen atoms in total. The highest BCUT2D eigenvalue weighted by Crippen LogP contribution is 2.36. The molecule has 30 heavy (non-hydrogen) atoms. The van der Waals surface area contributed by atoms with Crippen LogP contribution in [0.5, 0.6) is 17.2 Å². The van der Waals surface area contributed by atoms with Gasteiger partial charge in [0.05, 0.1) is 10.6 Å². The highest BCUT2D eigenvalue weighted by atomic mass is 35.5. The van der Waals surface area contributed by atoms with Gasteiger partial charge in [-0.1, -0.05) is 41.6 Å². The van der Waals surface area contributed by atoms with E-state index in [1.54, 1.807) is 18.2 Å². The van der Waals surface area contributed by atoms with E-state index in [1.807, 2.05) is 6.07 Å². The number of nitrogens with one attached hydrogen (secondary N) is 1. The molecule has 1 saturated heterocycles. The summed E-state index contributed by atoms with van der Waals surface area (Å²) in [5.41, 5.74) is 0.995. The molecule has 2 aromatic rings. The van der Waals surface area contributed by atoms with E-state index < -0.39 is 0 Å². The summed E-state index contributed by atoms with van der Waals surface area (Å²) in [6.45, 7) is 0.298. The highest BCUT2D eigenvalue weighted by molar-refractivity contribution is 8.26. The lowest BCUT2D eigenvalue weighted by atomic mass is 10.2. The minimum Gasteiger partial charge on any atom is -0.506 e. The minimum absolute atomic E-state index is 0.00962. The largest absolute Gasteiger partial charge is 0.506 e. The SMILES string of the molecule is O=C(CCN1C(=O)/C(=C/c2ccc3c(c2)OCO3)SC1=S)Nc1cc(Cl)ccc1O. The molecular formula is C20H15ClN2O5S2. The zero-order chi connectivity index (χ0) is 21.3. The number of ether oxygens (including phenoxy) is 2. The zero-order valence-electron chi connectivity index (χ0n) is 15.4. The molecule has 0 aliphatic carbocycles. The Hall–Kier alpha value is -2.75. The second kappa shape index (κ2) is 8.55. The van der Waals surface area contributed by atoms with Crippen LogP contribution in [0.3, 0.4) is 0 Å². The highest BCUT2D eigenvalue weighted by Gasteiger charge is 2.32. The summed E-state index contributed by atoms with van der Waals surface area (Å²) >= 11 is 12.4. The molecule has 0 aromatic heterocycles. The van der Waals surface area contributed by atoms with Crippen LogP contribution < -0.4 is 14.8 Å². The minimum atomic E-state index is -0.374. The molecule has 4 rings (SSSR count). The van der Waals surface area contributed by atoms with Gasteiger partial charge in [-0.05, 0) is 42.0 Å². The van der Waals surface area contributed by atoms with Gasteiger partial charge in [-0.25, -0.2) is 0 Å². The maximum absolute atomic E-state index is 12.7. The van der Waals surface area contributed by atoms with Crippen molar-refractivity contribution in [2.45, 2.75) is 6.42 Å². The number of benzene rings is 2. The number of thiocarbonyl (C=S) groups is 1. The van der Waals surface area contributed by atoms with E-state index in [0.29, 0.717) is 25.7 Å². The fourth-order valence-corrected chi connectivity index (χ4v) is 4.36. The number of amides is 2. The molecule has 10 heteroatoms. The van der Waals surface area contributed by atoms with Crippen LogP contribution >= 0.6 is 35.6 Å². The second-order valence-corrected chi connectivity index (χ2v) is 8.52. The average Bonchev–Trinajstić information content (AvgIpc) is 3.27. The smallest absolute Gasteiger partial charge is 0.266 e. The Morgan fingerprint density at radius 2 is 2.07 bits per heavy atom.